The van der Waals surface area contributed by atoms with E-state index < -0.39 is 11.8 Å². The Hall–Kier alpha value is -3.16. The summed E-state index contributed by atoms with van der Waals surface area (Å²) in [7, 11) is 0. The Balaban J connectivity index is 1.58. The minimum Gasteiger partial charge on any atom is -0.455 e. The first-order chi connectivity index (χ1) is 14.9. The molecule has 0 spiro atoms. The van der Waals surface area contributed by atoms with Crippen molar-refractivity contribution in [2.45, 2.75) is 26.2 Å². The molecule has 1 aliphatic carbocycles. The van der Waals surface area contributed by atoms with E-state index in [9.17, 15) is 9.59 Å². The van der Waals surface area contributed by atoms with Crippen LogP contribution in [0.3, 0.4) is 0 Å². The number of aryl methyl sites for hydroxylation is 1. The summed E-state index contributed by atoms with van der Waals surface area (Å²) in [5, 5.41) is 7.84. The zero-order valence-electron chi connectivity index (χ0n) is 16.5. The maximum absolute atomic E-state index is 12.8. The highest BCUT2D eigenvalue weighted by molar-refractivity contribution is 6.36. The van der Waals surface area contributed by atoms with E-state index in [-0.39, 0.29) is 11.5 Å². The lowest BCUT2D eigenvalue weighted by Crippen LogP contribution is -2.22. The molecular weight excluding hydrogens is 439 g/mol. The minimum absolute atomic E-state index is 0.182. The van der Waals surface area contributed by atoms with E-state index in [1.807, 2.05) is 0 Å². The van der Waals surface area contributed by atoms with Crippen LogP contribution in [0.25, 0.3) is 0 Å². The maximum Gasteiger partial charge on any atom is 0.291 e. The molecule has 0 radical (unpaired) electrons. The van der Waals surface area contributed by atoms with Crippen LogP contribution in [0.15, 0.2) is 52.1 Å². The third-order valence-corrected chi connectivity index (χ3v) is 5.45. The molecule has 31 heavy (non-hydrogen) atoms. The summed E-state index contributed by atoms with van der Waals surface area (Å²) >= 11 is 12.1. The van der Waals surface area contributed by atoms with Gasteiger partial charge in [-0.3, -0.25) is 14.6 Å². The molecular formula is C22H18Cl2N4O3. The van der Waals surface area contributed by atoms with Crippen LogP contribution < -0.4 is 10.7 Å². The van der Waals surface area contributed by atoms with Crippen LogP contribution in [-0.4, -0.2) is 22.5 Å². The second-order valence-electron chi connectivity index (χ2n) is 7.00. The van der Waals surface area contributed by atoms with Gasteiger partial charge in [-0.25, -0.2) is 5.43 Å². The summed E-state index contributed by atoms with van der Waals surface area (Å²) in [4.78, 5) is 29.1. The van der Waals surface area contributed by atoms with Crippen molar-refractivity contribution in [2.24, 2.45) is 5.10 Å². The number of hydrogen-bond donors (Lipinski definition) is 2. The highest BCUT2D eigenvalue weighted by atomic mass is 35.5. The van der Waals surface area contributed by atoms with E-state index in [0.717, 1.165) is 12.0 Å². The largest absolute Gasteiger partial charge is 0.455 e. The van der Waals surface area contributed by atoms with Crippen molar-refractivity contribution in [3.05, 3.63) is 81.0 Å². The van der Waals surface area contributed by atoms with Gasteiger partial charge in [0.2, 0.25) is 0 Å². The fraction of sp³-hybridized carbons (Fsp3) is 0.182. The van der Waals surface area contributed by atoms with Crippen molar-refractivity contribution < 1.29 is 14.0 Å². The SMILES string of the molecule is Cc1c(C(=O)Nc2ccc(Cl)cc2Cl)oc2c1/C(=N/NC(=O)c1ccccn1)CCC2. The van der Waals surface area contributed by atoms with E-state index in [1.54, 1.807) is 49.5 Å². The summed E-state index contributed by atoms with van der Waals surface area (Å²) in [5.41, 5.74) is 5.31. The van der Waals surface area contributed by atoms with Crippen molar-refractivity contribution >= 4 is 46.4 Å². The normalized spacial score (nSPS) is 14.2. The van der Waals surface area contributed by atoms with Crippen LogP contribution >= 0.6 is 23.2 Å². The Morgan fingerprint density at radius 3 is 2.71 bits per heavy atom. The average Bonchev–Trinajstić information content (AvgIpc) is 3.12. The molecule has 2 N–H and O–H groups in total. The fourth-order valence-corrected chi connectivity index (χ4v) is 3.89. The van der Waals surface area contributed by atoms with Crippen LogP contribution in [0.1, 0.15) is 50.8 Å². The molecule has 0 aliphatic heterocycles. The summed E-state index contributed by atoms with van der Waals surface area (Å²) in [6.45, 7) is 1.79. The first kappa shape index (κ1) is 21.1. The molecule has 4 rings (SSSR count). The number of aromatic nitrogens is 1. The monoisotopic (exact) mass is 456 g/mol. The lowest BCUT2D eigenvalue weighted by Gasteiger charge is -2.13. The highest BCUT2D eigenvalue weighted by Crippen LogP contribution is 2.31. The third kappa shape index (κ3) is 4.47. The number of benzene rings is 1. The number of pyridine rings is 1. The number of amides is 2. The predicted octanol–water partition coefficient (Wildman–Crippen LogP) is 5.01. The number of nitrogens with one attached hydrogen (secondary N) is 2. The number of anilines is 1. The maximum atomic E-state index is 12.8. The summed E-state index contributed by atoms with van der Waals surface area (Å²) in [6, 6.07) is 9.88. The number of rotatable bonds is 4. The lowest BCUT2D eigenvalue weighted by atomic mass is 9.93. The van der Waals surface area contributed by atoms with Gasteiger partial charge in [0.15, 0.2) is 5.76 Å². The van der Waals surface area contributed by atoms with Crippen molar-refractivity contribution in [3.63, 3.8) is 0 Å². The number of halogens is 2. The summed E-state index contributed by atoms with van der Waals surface area (Å²) in [6.07, 6.45) is 3.67. The smallest absolute Gasteiger partial charge is 0.291 e. The molecule has 0 atom stereocenters. The topological polar surface area (TPSA) is 96.6 Å². The number of fused-ring (bicyclic) bond motifs is 1. The molecule has 1 aromatic carbocycles. The molecule has 0 bridgehead atoms. The van der Waals surface area contributed by atoms with Crippen molar-refractivity contribution in [1.29, 1.82) is 0 Å². The molecule has 9 heteroatoms. The summed E-state index contributed by atoms with van der Waals surface area (Å²) in [5.74, 6) is 0.0216. The molecule has 158 valence electrons. The van der Waals surface area contributed by atoms with Gasteiger partial charge in [0.1, 0.15) is 11.5 Å². The van der Waals surface area contributed by atoms with Crippen molar-refractivity contribution in [1.82, 2.24) is 10.4 Å². The Morgan fingerprint density at radius 1 is 1.13 bits per heavy atom. The van der Waals surface area contributed by atoms with Gasteiger partial charge in [0.05, 0.1) is 16.4 Å². The van der Waals surface area contributed by atoms with Gasteiger partial charge in [-0.15, -0.1) is 0 Å². The summed E-state index contributed by atoms with van der Waals surface area (Å²) < 4.78 is 5.87. The third-order valence-electron chi connectivity index (χ3n) is 4.90. The van der Waals surface area contributed by atoms with E-state index in [4.69, 9.17) is 27.6 Å². The first-order valence-corrected chi connectivity index (χ1v) is 10.4. The number of hydrogen-bond acceptors (Lipinski definition) is 5. The molecule has 2 amide bonds. The molecule has 1 aliphatic rings. The quantitative estimate of drug-likeness (QED) is 0.538. The van der Waals surface area contributed by atoms with Crippen LogP contribution in [0, 0.1) is 6.92 Å². The molecule has 7 nitrogen and oxygen atoms in total. The van der Waals surface area contributed by atoms with Crippen molar-refractivity contribution in [2.75, 3.05) is 5.32 Å². The number of carbonyl (C=O) groups is 2. The Kier molecular flexibility index (Phi) is 6.06. The van der Waals surface area contributed by atoms with Gasteiger partial charge in [0.25, 0.3) is 11.8 Å². The van der Waals surface area contributed by atoms with E-state index in [1.165, 1.54) is 0 Å². The molecule has 0 saturated heterocycles. The zero-order valence-corrected chi connectivity index (χ0v) is 18.0. The Labute approximate surface area is 188 Å². The zero-order chi connectivity index (χ0) is 22.0. The molecule has 3 aromatic rings. The molecule has 2 heterocycles. The van der Waals surface area contributed by atoms with Gasteiger partial charge < -0.3 is 9.73 Å². The van der Waals surface area contributed by atoms with Gasteiger partial charge in [-0.2, -0.15) is 5.10 Å². The number of nitrogens with zero attached hydrogens (tertiary/aromatic N) is 2. The number of hydrazone groups is 1. The van der Waals surface area contributed by atoms with E-state index in [0.29, 0.717) is 45.6 Å². The second-order valence-corrected chi connectivity index (χ2v) is 7.84. The number of furan rings is 1. The van der Waals surface area contributed by atoms with E-state index in [2.05, 4.69) is 20.8 Å². The lowest BCUT2D eigenvalue weighted by molar-refractivity contribution is 0.0948. The van der Waals surface area contributed by atoms with Crippen LogP contribution in [0.5, 0.6) is 0 Å². The average molecular weight is 457 g/mol. The molecule has 0 fully saturated rings. The van der Waals surface area contributed by atoms with Crippen LogP contribution in [0.4, 0.5) is 5.69 Å². The Bertz CT molecular complexity index is 1190. The van der Waals surface area contributed by atoms with Crippen LogP contribution in [0.2, 0.25) is 10.0 Å². The first-order valence-electron chi connectivity index (χ1n) is 9.61. The van der Waals surface area contributed by atoms with Gasteiger partial charge in [-0.05, 0) is 50.1 Å². The van der Waals surface area contributed by atoms with Crippen LogP contribution in [-0.2, 0) is 6.42 Å². The molecule has 2 aromatic heterocycles. The van der Waals surface area contributed by atoms with E-state index >= 15 is 0 Å². The van der Waals surface area contributed by atoms with Gasteiger partial charge >= 0.3 is 0 Å². The fourth-order valence-electron chi connectivity index (χ4n) is 3.44. The van der Waals surface area contributed by atoms with Crippen molar-refractivity contribution in [3.8, 4) is 0 Å². The predicted molar refractivity (Wildman–Crippen MR) is 119 cm³/mol. The highest BCUT2D eigenvalue weighted by Gasteiger charge is 2.28. The number of carbonyl (C=O) groups excluding carboxylic acids is 2. The minimum atomic E-state index is -0.423. The van der Waals surface area contributed by atoms with Gasteiger partial charge in [0, 0.05) is 28.8 Å². The Morgan fingerprint density at radius 2 is 1.97 bits per heavy atom. The standard InChI is InChI=1S/C22H18Cl2N4O3/c1-12-19-16(27-28-21(29)17-5-2-3-10-25-17)6-4-7-18(19)31-20(12)22(30)26-15-9-8-13(23)11-14(15)24/h2-3,5,8-11H,4,6-7H2,1H3,(H,26,30)(H,28,29)/b27-16+. The second kappa shape index (κ2) is 8.91. The molecule has 0 unspecified atom stereocenters. The van der Waals surface area contributed by atoms with Gasteiger partial charge in [-0.1, -0.05) is 29.3 Å². The molecule has 0 saturated carbocycles.